The van der Waals surface area contributed by atoms with E-state index in [1.54, 1.807) is 18.1 Å². The van der Waals surface area contributed by atoms with Crippen molar-refractivity contribution in [3.63, 3.8) is 0 Å². The number of amides is 1. The normalized spacial score (nSPS) is 10.9. The highest BCUT2D eigenvalue weighted by molar-refractivity contribution is 8.00. The van der Waals surface area contributed by atoms with E-state index in [0.29, 0.717) is 17.2 Å². The Labute approximate surface area is 182 Å². The molecule has 1 heterocycles. The zero-order chi connectivity index (χ0) is 20.9. The number of hydrogen-bond acceptors (Lipinski definition) is 5. The Morgan fingerprint density at radius 3 is 2.53 bits per heavy atom. The number of aromatic nitrogens is 1. The zero-order valence-corrected chi connectivity index (χ0v) is 17.9. The van der Waals surface area contributed by atoms with Gasteiger partial charge in [-0.2, -0.15) is 0 Å². The lowest BCUT2D eigenvalue weighted by atomic mass is 10.2. The topological polar surface area (TPSA) is 42.4 Å². The number of nitrogens with zero attached hydrogens (tertiary/aromatic N) is 2. The molecule has 4 aromatic rings. The van der Waals surface area contributed by atoms with Crippen LogP contribution in [0.3, 0.4) is 0 Å². The number of ether oxygens (including phenoxy) is 1. The van der Waals surface area contributed by atoms with Crippen LogP contribution in [0, 0.1) is 5.82 Å². The van der Waals surface area contributed by atoms with E-state index in [1.165, 1.54) is 29.2 Å². The number of methoxy groups -OCH3 is 1. The molecule has 0 aliphatic carbocycles. The van der Waals surface area contributed by atoms with Gasteiger partial charge in [0, 0.05) is 4.90 Å². The van der Waals surface area contributed by atoms with Crippen molar-refractivity contribution in [3.8, 4) is 5.75 Å². The molecule has 30 heavy (non-hydrogen) atoms. The molecule has 152 valence electrons. The van der Waals surface area contributed by atoms with E-state index < -0.39 is 0 Å². The van der Waals surface area contributed by atoms with Crippen molar-refractivity contribution >= 4 is 44.4 Å². The Hall–Kier alpha value is -2.90. The van der Waals surface area contributed by atoms with Gasteiger partial charge in [-0.05, 0) is 42.0 Å². The van der Waals surface area contributed by atoms with Crippen molar-refractivity contribution in [2.24, 2.45) is 0 Å². The number of benzene rings is 3. The van der Waals surface area contributed by atoms with Gasteiger partial charge in [-0.25, -0.2) is 9.37 Å². The molecule has 0 aliphatic heterocycles. The van der Waals surface area contributed by atoms with Crippen LogP contribution in [0.5, 0.6) is 5.75 Å². The molecule has 0 unspecified atom stereocenters. The Bertz CT molecular complexity index is 1150. The Balaban J connectivity index is 1.58. The van der Waals surface area contributed by atoms with Gasteiger partial charge in [0.25, 0.3) is 0 Å². The molecule has 7 heteroatoms. The number of anilines is 1. The Morgan fingerprint density at radius 1 is 1.07 bits per heavy atom. The third-order valence-corrected chi connectivity index (χ3v) is 6.54. The summed E-state index contributed by atoms with van der Waals surface area (Å²) < 4.78 is 20.0. The van der Waals surface area contributed by atoms with Crippen LogP contribution in [-0.4, -0.2) is 23.8 Å². The number of carbonyl (C=O) groups excluding carboxylic acids is 1. The monoisotopic (exact) mass is 438 g/mol. The van der Waals surface area contributed by atoms with E-state index >= 15 is 0 Å². The predicted molar refractivity (Wildman–Crippen MR) is 121 cm³/mol. The number of halogens is 1. The van der Waals surface area contributed by atoms with Gasteiger partial charge in [0.2, 0.25) is 5.91 Å². The standard InChI is InChI=1S/C23H19FN2O2S2/c1-28-17-10-12-18(13-11-17)29-15-21(27)26(14-16-6-3-2-4-7-16)23-25-22-19(24)8-5-9-20(22)30-23/h2-13H,14-15H2,1H3. The molecule has 4 nitrogen and oxygen atoms in total. The summed E-state index contributed by atoms with van der Waals surface area (Å²) in [7, 11) is 1.62. The fourth-order valence-corrected chi connectivity index (χ4v) is 4.71. The number of fused-ring (bicyclic) bond motifs is 1. The average molecular weight is 439 g/mol. The molecule has 1 aromatic heterocycles. The molecule has 0 spiro atoms. The van der Waals surface area contributed by atoms with Gasteiger partial charge in [0.05, 0.1) is 24.1 Å². The van der Waals surface area contributed by atoms with Crippen molar-refractivity contribution in [1.29, 1.82) is 0 Å². The fraction of sp³-hybridized carbons (Fsp3) is 0.130. The number of hydrogen-bond donors (Lipinski definition) is 0. The van der Waals surface area contributed by atoms with Crippen molar-refractivity contribution < 1.29 is 13.9 Å². The SMILES string of the molecule is COc1ccc(SCC(=O)N(Cc2ccccc2)c2nc3c(F)cccc3s2)cc1. The van der Waals surface area contributed by atoms with E-state index in [1.807, 2.05) is 60.7 Å². The van der Waals surface area contributed by atoms with Crippen LogP contribution in [0.25, 0.3) is 10.2 Å². The highest BCUT2D eigenvalue weighted by Crippen LogP contribution is 2.32. The summed E-state index contributed by atoms with van der Waals surface area (Å²) in [5.41, 5.74) is 1.28. The minimum atomic E-state index is -0.380. The smallest absolute Gasteiger partial charge is 0.239 e. The number of carbonyl (C=O) groups is 1. The number of thioether (sulfide) groups is 1. The van der Waals surface area contributed by atoms with E-state index in [4.69, 9.17) is 4.74 Å². The van der Waals surface area contributed by atoms with Gasteiger partial charge < -0.3 is 4.74 Å². The number of thiazole rings is 1. The van der Waals surface area contributed by atoms with Crippen LogP contribution >= 0.6 is 23.1 Å². The first-order valence-corrected chi connectivity index (χ1v) is 11.1. The minimum Gasteiger partial charge on any atom is -0.497 e. The fourth-order valence-electron chi connectivity index (χ4n) is 2.94. The second-order valence-corrected chi connectivity index (χ2v) is 8.57. The molecule has 0 N–H and O–H groups in total. The molecule has 4 rings (SSSR count). The molecule has 0 saturated carbocycles. The van der Waals surface area contributed by atoms with E-state index in [2.05, 4.69) is 4.98 Å². The van der Waals surface area contributed by atoms with Gasteiger partial charge >= 0.3 is 0 Å². The quantitative estimate of drug-likeness (QED) is 0.344. The maximum atomic E-state index is 14.1. The largest absolute Gasteiger partial charge is 0.497 e. The van der Waals surface area contributed by atoms with Crippen LogP contribution < -0.4 is 9.64 Å². The van der Waals surface area contributed by atoms with E-state index in [0.717, 1.165) is 20.9 Å². The minimum absolute atomic E-state index is 0.0841. The lowest BCUT2D eigenvalue weighted by molar-refractivity contribution is -0.116. The van der Waals surface area contributed by atoms with Gasteiger partial charge in [-0.3, -0.25) is 9.69 Å². The summed E-state index contributed by atoms with van der Waals surface area (Å²) in [6.07, 6.45) is 0. The molecule has 0 radical (unpaired) electrons. The van der Waals surface area contributed by atoms with Crippen LogP contribution in [0.15, 0.2) is 77.7 Å². The van der Waals surface area contributed by atoms with Crippen molar-refractivity contribution in [2.45, 2.75) is 11.4 Å². The molecule has 0 aliphatic rings. The summed E-state index contributed by atoms with van der Waals surface area (Å²) in [6.45, 7) is 0.379. The molecule has 0 bridgehead atoms. The predicted octanol–water partition coefficient (Wildman–Crippen LogP) is 5.77. The van der Waals surface area contributed by atoms with Gasteiger partial charge in [0.15, 0.2) is 5.13 Å². The molecular formula is C23H19FN2O2S2. The molecule has 0 atom stereocenters. The molecule has 1 amide bonds. The summed E-state index contributed by atoms with van der Waals surface area (Å²) in [4.78, 5) is 20.2. The second-order valence-electron chi connectivity index (χ2n) is 6.51. The molecule has 0 saturated heterocycles. The van der Waals surface area contributed by atoms with Crippen molar-refractivity contribution in [2.75, 3.05) is 17.8 Å². The third-order valence-electron chi connectivity index (χ3n) is 4.50. The summed E-state index contributed by atoms with van der Waals surface area (Å²) >= 11 is 2.77. The van der Waals surface area contributed by atoms with Gasteiger partial charge in [0.1, 0.15) is 17.1 Å². The van der Waals surface area contributed by atoms with Gasteiger partial charge in [-0.15, -0.1) is 11.8 Å². The summed E-state index contributed by atoms with van der Waals surface area (Å²) in [5, 5.41) is 0.499. The second kappa shape index (κ2) is 9.28. The van der Waals surface area contributed by atoms with Crippen molar-refractivity contribution in [3.05, 3.63) is 84.2 Å². The van der Waals surface area contributed by atoms with Crippen LogP contribution in [0.4, 0.5) is 9.52 Å². The average Bonchev–Trinajstić information content (AvgIpc) is 3.22. The molecular weight excluding hydrogens is 419 g/mol. The van der Waals surface area contributed by atoms with Crippen LogP contribution in [-0.2, 0) is 11.3 Å². The Kier molecular flexibility index (Phi) is 6.30. The highest BCUT2D eigenvalue weighted by Gasteiger charge is 2.21. The first kappa shape index (κ1) is 20.4. The maximum absolute atomic E-state index is 14.1. The third kappa shape index (κ3) is 4.63. The molecule has 0 fully saturated rings. The first-order chi connectivity index (χ1) is 14.6. The molecule has 3 aromatic carbocycles. The van der Waals surface area contributed by atoms with Crippen LogP contribution in [0.1, 0.15) is 5.56 Å². The lowest BCUT2D eigenvalue weighted by Gasteiger charge is -2.20. The first-order valence-electron chi connectivity index (χ1n) is 9.30. The van der Waals surface area contributed by atoms with Gasteiger partial charge in [-0.1, -0.05) is 47.7 Å². The zero-order valence-electron chi connectivity index (χ0n) is 16.2. The lowest BCUT2D eigenvalue weighted by Crippen LogP contribution is -2.31. The van der Waals surface area contributed by atoms with Crippen molar-refractivity contribution in [1.82, 2.24) is 4.98 Å². The van der Waals surface area contributed by atoms with E-state index in [-0.39, 0.29) is 17.5 Å². The summed E-state index contributed by atoms with van der Waals surface area (Å²) in [6, 6.07) is 22.2. The summed E-state index contributed by atoms with van der Waals surface area (Å²) in [5.74, 6) is 0.555. The maximum Gasteiger partial charge on any atom is 0.239 e. The Morgan fingerprint density at radius 2 is 1.83 bits per heavy atom. The number of rotatable bonds is 7. The van der Waals surface area contributed by atoms with E-state index in [9.17, 15) is 9.18 Å². The van der Waals surface area contributed by atoms with Crippen LogP contribution in [0.2, 0.25) is 0 Å². The number of para-hydroxylation sites is 1. The highest BCUT2D eigenvalue weighted by atomic mass is 32.2.